The lowest BCUT2D eigenvalue weighted by Gasteiger charge is -2.08. The predicted molar refractivity (Wildman–Crippen MR) is 104 cm³/mol. The van der Waals surface area contributed by atoms with E-state index in [0.717, 1.165) is 5.56 Å². The first-order valence-electron chi connectivity index (χ1n) is 8.44. The Morgan fingerprint density at radius 2 is 2.00 bits per heavy atom. The molecule has 8 nitrogen and oxygen atoms in total. The number of hydrogen-bond acceptors (Lipinski definition) is 6. The zero-order valence-electron chi connectivity index (χ0n) is 15.1. The van der Waals surface area contributed by atoms with Crippen molar-refractivity contribution in [2.75, 3.05) is 18.5 Å². The van der Waals surface area contributed by atoms with Crippen LogP contribution in [0.4, 0.5) is 11.4 Å². The normalized spacial score (nSPS) is 10.2. The molecule has 2 rings (SSSR count). The second-order valence-electron chi connectivity index (χ2n) is 5.88. The average Bonchev–Trinajstić information content (AvgIpc) is 2.66. The van der Waals surface area contributed by atoms with E-state index in [1.165, 1.54) is 24.3 Å². The number of esters is 1. The second-order valence-corrected chi connectivity index (χ2v) is 6.29. The minimum Gasteiger partial charge on any atom is -0.494 e. The lowest BCUT2D eigenvalue weighted by molar-refractivity contribution is -0.384. The maximum atomic E-state index is 11.8. The van der Waals surface area contributed by atoms with Gasteiger partial charge in [-0.2, -0.15) is 0 Å². The van der Waals surface area contributed by atoms with Gasteiger partial charge in [0.15, 0.2) is 6.61 Å². The third-order valence-corrected chi connectivity index (χ3v) is 4.05. The number of nitrogens with zero attached hydrogens (tertiary/aromatic N) is 1. The van der Waals surface area contributed by atoms with Crippen LogP contribution in [0, 0.1) is 17.0 Å². The summed E-state index contributed by atoms with van der Waals surface area (Å²) in [7, 11) is 0. The Balaban J connectivity index is 1.66. The number of anilines is 1. The van der Waals surface area contributed by atoms with Crippen molar-refractivity contribution in [3.8, 4) is 5.75 Å². The molecular weight excluding hydrogens is 388 g/mol. The van der Waals surface area contributed by atoms with Gasteiger partial charge in [-0.05, 0) is 43.2 Å². The Labute approximate surface area is 166 Å². The number of nitrogens with one attached hydrogen (secondary N) is 1. The number of aryl methyl sites for hydroxylation is 1. The summed E-state index contributed by atoms with van der Waals surface area (Å²) in [5.41, 5.74) is 1.00. The van der Waals surface area contributed by atoms with Gasteiger partial charge in [0, 0.05) is 29.3 Å². The van der Waals surface area contributed by atoms with Gasteiger partial charge in [-0.15, -0.1) is 0 Å². The summed E-state index contributed by atoms with van der Waals surface area (Å²) in [5, 5.41) is 13.8. The van der Waals surface area contributed by atoms with Gasteiger partial charge in [-0.3, -0.25) is 19.7 Å². The van der Waals surface area contributed by atoms with E-state index in [1.807, 2.05) is 6.92 Å². The standard InChI is InChI=1S/C19H19ClN2O6/c1-13-10-16(7-8-17(13)20)27-9-3-6-19(24)28-12-18(23)21-14-4-2-5-15(11-14)22(25)26/h2,4-5,7-8,10-11H,3,6,9,12H2,1H3,(H,21,23). The third-order valence-electron chi connectivity index (χ3n) is 3.63. The SMILES string of the molecule is Cc1cc(OCCCC(=O)OCC(=O)Nc2cccc([N+](=O)[O-])c2)ccc1Cl. The highest BCUT2D eigenvalue weighted by molar-refractivity contribution is 6.31. The Hall–Kier alpha value is -3.13. The summed E-state index contributed by atoms with van der Waals surface area (Å²) in [6.45, 7) is 1.71. The predicted octanol–water partition coefficient (Wildman–Crippen LogP) is 3.90. The number of amides is 1. The van der Waals surface area contributed by atoms with Crippen LogP contribution in [0.1, 0.15) is 18.4 Å². The Morgan fingerprint density at radius 1 is 1.21 bits per heavy atom. The highest BCUT2D eigenvalue weighted by atomic mass is 35.5. The van der Waals surface area contributed by atoms with E-state index in [9.17, 15) is 19.7 Å². The van der Waals surface area contributed by atoms with E-state index < -0.39 is 23.4 Å². The molecule has 1 amide bonds. The lowest BCUT2D eigenvalue weighted by atomic mass is 10.2. The molecule has 0 fully saturated rings. The zero-order valence-corrected chi connectivity index (χ0v) is 15.9. The van der Waals surface area contributed by atoms with Gasteiger partial charge in [0.1, 0.15) is 5.75 Å². The summed E-state index contributed by atoms with van der Waals surface area (Å²) in [5.74, 6) is -0.460. The molecule has 2 aromatic carbocycles. The third kappa shape index (κ3) is 6.88. The Bertz CT molecular complexity index is 871. The number of ether oxygens (including phenoxy) is 2. The molecule has 148 valence electrons. The van der Waals surface area contributed by atoms with E-state index in [-0.39, 0.29) is 17.8 Å². The number of nitro benzene ring substituents is 1. The number of non-ortho nitro benzene ring substituents is 1. The molecule has 0 aliphatic heterocycles. The van der Waals surface area contributed by atoms with Gasteiger partial charge in [0.2, 0.25) is 0 Å². The van der Waals surface area contributed by atoms with Crippen molar-refractivity contribution in [3.63, 3.8) is 0 Å². The minimum absolute atomic E-state index is 0.0939. The fourth-order valence-corrected chi connectivity index (χ4v) is 2.34. The molecule has 0 spiro atoms. The summed E-state index contributed by atoms with van der Waals surface area (Å²) in [4.78, 5) is 33.6. The van der Waals surface area contributed by atoms with E-state index in [1.54, 1.807) is 18.2 Å². The molecule has 0 unspecified atom stereocenters. The molecule has 2 aromatic rings. The van der Waals surface area contributed by atoms with Gasteiger partial charge in [-0.25, -0.2) is 0 Å². The topological polar surface area (TPSA) is 108 Å². The van der Waals surface area contributed by atoms with Crippen LogP contribution in [0.5, 0.6) is 5.75 Å². The molecule has 0 aliphatic carbocycles. The van der Waals surface area contributed by atoms with Gasteiger partial charge in [0.25, 0.3) is 11.6 Å². The van der Waals surface area contributed by atoms with Crippen molar-refractivity contribution in [3.05, 3.63) is 63.2 Å². The van der Waals surface area contributed by atoms with Gasteiger partial charge < -0.3 is 14.8 Å². The molecule has 9 heteroatoms. The monoisotopic (exact) mass is 406 g/mol. The van der Waals surface area contributed by atoms with Crippen LogP contribution in [-0.4, -0.2) is 30.0 Å². The first-order valence-corrected chi connectivity index (χ1v) is 8.82. The largest absolute Gasteiger partial charge is 0.494 e. The van der Waals surface area contributed by atoms with Crippen LogP contribution in [-0.2, 0) is 14.3 Å². The second kappa shape index (κ2) is 10.3. The molecule has 0 saturated carbocycles. The fourth-order valence-electron chi connectivity index (χ4n) is 2.23. The summed E-state index contributed by atoms with van der Waals surface area (Å²) >= 11 is 5.94. The van der Waals surface area contributed by atoms with Crippen LogP contribution < -0.4 is 10.1 Å². The Morgan fingerprint density at radius 3 is 2.71 bits per heavy atom. The molecule has 0 aliphatic rings. The molecule has 0 radical (unpaired) electrons. The fraction of sp³-hybridized carbons (Fsp3) is 0.263. The van der Waals surface area contributed by atoms with Crippen molar-refractivity contribution >= 4 is 34.9 Å². The van der Waals surface area contributed by atoms with E-state index in [0.29, 0.717) is 23.8 Å². The van der Waals surface area contributed by atoms with Crippen LogP contribution in [0.2, 0.25) is 5.02 Å². The Kier molecular flexibility index (Phi) is 7.76. The maximum Gasteiger partial charge on any atom is 0.306 e. The molecule has 1 N–H and O–H groups in total. The highest BCUT2D eigenvalue weighted by Crippen LogP contribution is 2.21. The number of nitro groups is 1. The first kappa shape index (κ1) is 21.2. The smallest absolute Gasteiger partial charge is 0.306 e. The van der Waals surface area contributed by atoms with E-state index in [2.05, 4.69) is 5.32 Å². The molecular formula is C19H19ClN2O6. The molecule has 28 heavy (non-hydrogen) atoms. The minimum atomic E-state index is -0.582. The van der Waals surface area contributed by atoms with Crippen molar-refractivity contribution in [1.29, 1.82) is 0 Å². The van der Waals surface area contributed by atoms with E-state index >= 15 is 0 Å². The van der Waals surface area contributed by atoms with Crippen LogP contribution in [0.15, 0.2) is 42.5 Å². The maximum absolute atomic E-state index is 11.8. The number of halogens is 1. The first-order chi connectivity index (χ1) is 13.3. The quantitative estimate of drug-likeness (QED) is 0.293. The number of hydrogen-bond donors (Lipinski definition) is 1. The molecule has 0 aromatic heterocycles. The highest BCUT2D eigenvalue weighted by Gasteiger charge is 2.10. The van der Waals surface area contributed by atoms with Crippen LogP contribution in [0.25, 0.3) is 0 Å². The van der Waals surface area contributed by atoms with Crippen molar-refractivity contribution in [1.82, 2.24) is 0 Å². The molecule has 0 bridgehead atoms. The molecule has 0 atom stereocenters. The molecule has 0 heterocycles. The van der Waals surface area contributed by atoms with Crippen molar-refractivity contribution in [2.24, 2.45) is 0 Å². The summed E-state index contributed by atoms with van der Waals surface area (Å²) in [6.07, 6.45) is 0.518. The summed E-state index contributed by atoms with van der Waals surface area (Å²) < 4.78 is 10.4. The lowest BCUT2D eigenvalue weighted by Crippen LogP contribution is -2.21. The van der Waals surface area contributed by atoms with Crippen LogP contribution >= 0.6 is 11.6 Å². The van der Waals surface area contributed by atoms with Crippen LogP contribution in [0.3, 0.4) is 0 Å². The van der Waals surface area contributed by atoms with Crippen molar-refractivity contribution in [2.45, 2.75) is 19.8 Å². The molecule has 0 saturated heterocycles. The van der Waals surface area contributed by atoms with Gasteiger partial charge in [-0.1, -0.05) is 17.7 Å². The number of rotatable bonds is 9. The van der Waals surface area contributed by atoms with Crippen molar-refractivity contribution < 1.29 is 24.0 Å². The number of carbonyl (C=O) groups is 2. The summed E-state index contributed by atoms with van der Waals surface area (Å²) in [6, 6.07) is 10.8. The number of carbonyl (C=O) groups excluding carboxylic acids is 2. The number of benzene rings is 2. The van der Waals surface area contributed by atoms with Gasteiger partial charge in [0.05, 0.1) is 11.5 Å². The van der Waals surface area contributed by atoms with E-state index in [4.69, 9.17) is 21.1 Å². The zero-order chi connectivity index (χ0) is 20.5. The van der Waals surface area contributed by atoms with Gasteiger partial charge >= 0.3 is 5.97 Å². The average molecular weight is 407 g/mol.